The molecule has 0 aromatic heterocycles. The van der Waals surface area contributed by atoms with Gasteiger partial charge in [-0.3, -0.25) is 0 Å². The lowest BCUT2D eigenvalue weighted by atomic mass is 9.98. The van der Waals surface area contributed by atoms with Crippen molar-refractivity contribution in [2.45, 2.75) is 60.3 Å². The van der Waals surface area contributed by atoms with E-state index in [0.29, 0.717) is 0 Å². The molecule has 0 heterocycles. The molecule has 0 saturated heterocycles. The Bertz CT molecular complexity index is 430. The first-order valence-corrected chi connectivity index (χ1v) is 8.22. The van der Waals surface area contributed by atoms with E-state index in [-0.39, 0.29) is 12.4 Å². The van der Waals surface area contributed by atoms with Crippen molar-refractivity contribution < 1.29 is 9.47 Å². The van der Waals surface area contributed by atoms with E-state index in [9.17, 15) is 0 Å². The molecule has 1 atom stereocenters. The fourth-order valence-corrected chi connectivity index (χ4v) is 2.53. The topological polar surface area (TPSA) is 18.5 Å². The Morgan fingerprint density at radius 1 is 0.909 bits per heavy atom. The van der Waals surface area contributed by atoms with Crippen molar-refractivity contribution in [1.82, 2.24) is 0 Å². The van der Waals surface area contributed by atoms with Crippen molar-refractivity contribution in [1.29, 1.82) is 0 Å². The summed E-state index contributed by atoms with van der Waals surface area (Å²) in [5.74, 6) is 3.48. The number of halogens is 1. The highest BCUT2D eigenvalue weighted by atomic mass is 35.5. The molecule has 128 valence electrons. The molecule has 0 spiro atoms. The predicted molar refractivity (Wildman–Crippen MR) is 97.7 cm³/mol. The molecule has 0 saturated carbocycles. The molecule has 0 aliphatic rings. The largest absolute Gasteiger partial charge is 0.496 e. The highest BCUT2D eigenvalue weighted by Crippen LogP contribution is 2.28. The van der Waals surface area contributed by atoms with E-state index < -0.39 is 0 Å². The van der Waals surface area contributed by atoms with Gasteiger partial charge in [0.05, 0.1) is 13.7 Å². The summed E-state index contributed by atoms with van der Waals surface area (Å²) in [6.45, 7) is 11.8. The standard InChI is InChI=1S/C19H32O2.ClH/c1-14(2)8-7-9-15(3)10-11-21-19-13-16(4)18(20-6)12-17(19)5;/h12-15H,7-11H2,1-6H3;1H. The smallest absolute Gasteiger partial charge is 0.122 e. The van der Waals surface area contributed by atoms with Crippen LogP contribution < -0.4 is 9.47 Å². The van der Waals surface area contributed by atoms with Gasteiger partial charge in [0, 0.05) is 0 Å². The molecule has 0 N–H and O–H groups in total. The highest BCUT2D eigenvalue weighted by molar-refractivity contribution is 5.85. The van der Waals surface area contributed by atoms with Crippen molar-refractivity contribution >= 4 is 12.4 Å². The average molecular weight is 329 g/mol. The number of rotatable bonds is 9. The Labute approximate surface area is 143 Å². The van der Waals surface area contributed by atoms with E-state index in [2.05, 4.69) is 46.8 Å². The molecule has 1 aromatic carbocycles. The Morgan fingerprint density at radius 3 is 2.09 bits per heavy atom. The van der Waals surface area contributed by atoms with E-state index in [0.717, 1.165) is 47.5 Å². The summed E-state index contributed by atoms with van der Waals surface area (Å²) in [5, 5.41) is 0. The van der Waals surface area contributed by atoms with E-state index in [1.165, 1.54) is 19.3 Å². The first kappa shape index (κ1) is 21.1. The maximum Gasteiger partial charge on any atom is 0.122 e. The molecule has 0 bridgehead atoms. The summed E-state index contributed by atoms with van der Waals surface area (Å²) in [7, 11) is 1.71. The second-order valence-corrected chi connectivity index (χ2v) is 6.65. The van der Waals surface area contributed by atoms with Crippen LogP contribution in [0.5, 0.6) is 11.5 Å². The Kier molecular flexibility index (Phi) is 10.3. The van der Waals surface area contributed by atoms with Gasteiger partial charge < -0.3 is 9.47 Å². The number of aryl methyl sites for hydroxylation is 2. The van der Waals surface area contributed by atoms with Crippen molar-refractivity contribution in [3.63, 3.8) is 0 Å². The van der Waals surface area contributed by atoms with Gasteiger partial charge >= 0.3 is 0 Å². The lowest BCUT2D eigenvalue weighted by molar-refractivity contribution is 0.273. The third-order valence-electron chi connectivity index (χ3n) is 4.04. The lowest BCUT2D eigenvalue weighted by Crippen LogP contribution is -2.06. The Balaban J connectivity index is 0.00000441. The van der Waals surface area contributed by atoms with Crippen molar-refractivity contribution in [3.05, 3.63) is 23.3 Å². The zero-order valence-electron chi connectivity index (χ0n) is 15.1. The van der Waals surface area contributed by atoms with Crippen LogP contribution in [0, 0.1) is 25.7 Å². The van der Waals surface area contributed by atoms with Gasteiger partial charge in [-0.25, -0.2) is 0 Å². The molecule has 0 fully saturated rings. The summed E-state index contributed by atoms with van der Waals surface area (Å²) in [5.41, 5.74) is 2.27. The molecule has 0 aliphatic heterocycles. The molecule has 1 unspecified atom stereocenters. The molecule has 2 nitrogen and oxygen atoms in total. The van der Waals surface area contributed by atoms with Crippen molar-refractivity contribution in [2.24, 2.45) is 11.8 Å². The van der Waals surface area contributed by atoms with Gasteiger partial charge in [0.2, 0.25) is 0 Å². The van der Waals surface area contributed by atoms with Crippen LogP contribution in [-0.4, -0.2) is 13.7 Å². The van der Waals surface area contributed by atoms with Gasteiger partial charge in [-0.1, -0.05) is 40.0 Å². The maximum atomic E-state index is 5.96. The minimum atomic E-state index is 0. The van der Waals surface area contributed by atoms with Gasteiger partial charge in [-0.05, 0) is 55.4 Å². The SMILES string of the molecule is COc1cc(C)c(OCCC(C)CCCC(C)C)cc1C.Cl. The number of hydrogen-bond donors (Lipinski definition) is 0. The summed E-state index contributed by atoms with van der Waals surface area (Å²) >= 11 is 0. The van der Waals surface area contributed by atoms with Gasteiger partial charge in [0.15, 0.2) is 0 Å². The molecular formula is C19H33ClO2. The van der Waals surface area contributed by atoms with Crippen LogP contribution in [0.15, 0.2) is 12.1 Å². The van der Waals surface area contributed by atoms with E-state index in [4.69, 9.17) is 9.47 Å². The fourth-order valence-electron chi connectivity index (χ4n) is 2.53. The van der Waals surface area contributed by atoms with E-state index >= 15 is 0 Å². The molecule has 1 aromatic rings. The van der Waals surface area contributed by atoms with Gasteiger partial charge in [-0.15, -0.1) is 12.4 Å². The third-order valence-corrected chi connectivity index (χ3v) is 4.04. The quantitative estimate of drug-likeness (QED) is 0.556. The zero-order valence-corrected chi connectivity index (χ0v) is 15.9. The van der Waals surface area contributed by atoms with Gasteiger partial charge in [-0.2, -0.15) is 0 Å². The minimum absolute atomic E-state index is 0. The molecule has 0 amide bonds. The zero-order chi connectivity index (χ0) is 15.8. The lowest BCUT2D eigenvalue weighted by Gasteiger charge is -2.15. The number of methoxy groups -OCH3 is 1. The maximum absolute atomic E-state index is 5.96. The summed E-state index contributed by atoms with van der Waals surface area (Å²) in [6, 6.07) is 4.13. The first-order chi connectivity index (χ1) is 9.93. The number of ether oxygens (including phenoxy) is 2. The van der Waals surface area contributed by atoms with Gasteiger partial charge in [0.1, 0.15) is 11.5 Å². The summed E-state index contributed by atoms with van der Waals surface area (Å²) in [4.78, 5) is 0. The average Bonchev–Trinajstić information content (AvgIpc) is 2.41. The summed E-state index contributed by atoms with van der Waals surface area (Å²) in [6.07, 6.45) is 5.10. The minimum Gasteiger partial charge on any atom is -0.496 e. The fraction of sp³-hybridized carbons (Fsp3) is 0.684. The van der Waals surface area contributed by atoms with Crippen LogP contribution >= 0.6 is 12.4 Å². The molecule has 1 rings (SSSR count). The molecular weight excluding hydrogens is 296 g/mol. The van der Waals surface area contributed by atoms with Crippen molar-refractivity contribution in [2.75, 3.05) is 13.7 Å². The van der Waals surface area contributed by atoms with Crippen LogP contribution in [0.25, 0.3) is 0 Å². The predicted octanol–water partition coefficient (Wildman–Crippen LogP) is 5.97. The Morgan fingerprint density at radius 2 is 1.50 bits per heavy atom. The normalized spacial score (nSPS) is 12.0. The monoisotopic (exact) mass is 328 g/mol. The Hall–Kier alpha value is -0.890. The van der Waals surface area contributed by atoms with Crippen LogP contribution in [0.4, 0.5) is 0 Å². The van der Waals surface area contributed by atoms with E-state index in [1.54, 1.807) is 7.11 Å². The number of benzene rings is 1. The molecule has 22 heavy (non-hydrogen) atoms. The highest BCUT2D eigenvalue weighted by Gasteiger charge is 2.07. The van der Waals surface area contributed by atoms with Crippen LogP contribution in [0.2, 0.25) is 0 Å². The second-order valence-electron chi connectivity index (χ2n) is 6.65. The molecule has 0 radical (unpaired) electrons. The van der Waals surface area contributed by atoms with Crippen molar-refractivity contribution in [3.8, 4) is 11.5 Å². The third kappa shape index (κ3) is 7.40. The first-order valence-electron chi connectivity index (χ1n) is 8.22. The van der Waals surface area contributed by atoms with E-state index in [1.807, 2.05) is 0 Å². The number of hydrogen-bond acceptors (Lipinski definition) is 2. The van der Waals surface area contributed by atoms with Crippen LogP contribution in [-0.2, 0) is 0 Å². The van der Waals surface area contributed by atoms with Gasteiger partial charge in [0.25, 0.3) is 0 Å². The second kappa shape index (κ2) is 10.8. The van der Waals surface area contributed by atoms with Crippen LogP contribution in [0.3, 0.4) is 0 Å². The van der Waals surface area contributed by atoms with Crippen LogP contribution in [0.1, 0.15) is 57.6 Å². The summed E-state index contributed by atoms with van der Waals surface area (Å²) < 4.78 is 11.3. The molecule has 0 aliphatic carbocycles. The molecule has 3 heteroatoms.